The highest BCUT2D eigenvalue weighted by atomic mass is 16.4. The lowest BCUT2D eigenvalue weighted by molar-refractivity contribution is 0.0699. The van der Waals surface area contributed by atoms with Gasteiger partial charge in [0.1, 0.15) is 11.3 Å². The van der Waals surface area contributed by atoms with Gasteiger partial charge in [0, 0.05) is 13.0 Å². The smallest absolute Gasteiger partial charge is 0.337 e. The van der Waals surface area contributed by atoms with Gasteiger partial charge >= 0.3 is 5.97 Å². The standard InChI is InChI=1S/C17H22N2O2/c1-4-6-14-18-15-12(16(20)21)7-5-8-13(15)19(14)10-11-9-17(11,2)3/h5,7-8,11H,4,6,9-10H2,1-3H3,(H,20,21). The number of carboxylic acid groups (broad SMARTS) is 1. The summed E-state index contributed by atoms with van der Waals surface area (Å²) in [5.74, 6) is 0.781. The van der Waals surface area contributed by atoms with Crippen molar-refractivity contribution in [2.75, 3.05) is 0 Å². The van der Waals surface area contributed by atoms with Gasteiger partial charge in [-0.15, -0.1) is 0 Å². The van der Waals surface area contributed by atoms with E-state index in [2.05, 4.69) is 30.3 Å². The van der Waals surface area contributed by atoms with Crippen LogP contribution in [0.5, 0.6) is 0 Å². The van der Waals surface area contributed by atoms with Gasteiger partial charge in [-0.2, -0.15) is 0 Å². The van der Waals surface area contributed by atoms with E-state index >= 15 is 0 Å². The molecule has 1 N–H and O–H groups in total. The molecule has 2 aromatic rings. The molecule has 1 aliphatic carbocycles. The van der Waals surface area contributed by atoms with Crippen LogP contribution in [-0.4, -0.2) is 20.6 Å². The van der Waals surface area contributed by atoms with Gasteiger partial charge in [-0.1, -0.05) is 26.8 Å². The number of para-hydroxylation sites is 1. The molecule has 3 rings (SSSR count). The highest BCUT2D eigenvalue weighted by molar-refractivity contribution is 6.01. The first-order valence-corrected chi connectivity index (χ1v) is 7.65. The highest BCUT2D eigenvalue weighted by Gasteiger charge is 2.45. The number of nitrogens with zero attached hydrogens (tertiary/aromatic N) is 2. The van der Waals surface area contributed by atoms with E-state index in [-0.39, 0.29) is 0 Å². The lowest BCUT2D eigenvalue weighted by Gasteiger charge is -2.10. The summed E-state index contributed by atoms with van der Waals surface area (Å²) < 4.78 is 2.24. The van der Waals surface area contributed by atoms with Gasteiger partial charge in [0.05, 0.1) is 11.1 Å². The van der Waals surface area contributed by atoms with Gasteiger partial charge in [-0.3, -0.25) is 0 Å². The number of carboxylic acids is 1. The van der Waals surface area contributed by atoms with Crippen LogP contribution in [0.1, 0.15) is 49.8 Å². The fourth-order valence-corrected chi connectivity index (χ4v) is 3.09. The maximum Gasteiger partial charge on any atom is 0.337 e. The molecule has 0 radical (unpaired) electrons. The second-order valence-electron chi connectivity index (χ2n) is 6.76. The molecule has 1 aromatic heterocycles. The third-order valence-electron chi connectivity index (χ3n) is 4.68. The molecular weight excluding hydrogens is 264 g/mol. The summed E-state index contributed by atoms with van der Waals surface area (Å²) in [7, 11) is 0. The van der Waals surface area contributed by atoms with Crippen LogP contribution in [0, 0.1) is 11.3 Å². The monoisotopic (exact) mass is 286 g/mol. The molecule has 1 aromatic carbocycles. The molecule has 4 heteroatoms. The molecule has 0 spiro atoms. The molecule has 0 bridgehead atoms. The van der Waals surface area contributed by atoms with Crippen molar-refractivity contribution in [1.29, 1.82) is 0 Å². The third-order valence-corrected chi connectivity index (χ3v) is 4.68. The van der Waals surface area contributed by atoms with E-state index in [0.29, 0.717) is 22.4 Å². The molecule has 21 heavy (non-hydrogen) atoms. The maximum atomic E-state index is 11.4. The Hall–Kier alpha value is -1.84. The van der Waals surface area contributed by atoms with E-state index in [1.807, 2.05) is 12.1 Å². The zero-order valence-electron chi connectivity index (χ0n) is 12.9. The zero-order chi connectivity index (χ0) is 15.2. The minimum Gasteiger partial charge on any atom is -0.478 e. The van der Waals surface area contributed by atoms with Crippen molar-refractivity contribution in [2.45, 2.75) is 46.6 Å². The number of benzene rings is 1. The van der Waals surface area contributed by atoms with Crippen LogP contribution in [0.25, 0.3) is 11.0 Å². The van der Waals surface area contributed by atoms with Crippen molar-refractivity contribution in [1.82, 2.24) is 9.55 Å². The van der Waals surface area contributed by atoms with Gasteiger partial charge in [0.15, 0.2) is 0 Å². The van der Waals surface area contributed by atoms with E-state index in [1.54, 1.807) is 6.07 Å². The molecule has 0 aliphatic heterocycles. The fraction of sp³-hybridized carbons (Fsp3) is 0.529. The first-order valence-electron chi connectivity index (χ1n) is 7.65. The Morgan fingerprint density at radius 2 is 2.19 bits per heavy atom. The molecule has 1 heterocycles. The number of hydrogen-bond donors (Lipinski definition) is 1. The molecule has 1 aliphatic rings. The lowest BCUT2D eigenvalue weighted by atomic mass is 10.1. The Labute approximate surface area is 124 Å². The first kappa shape index (κ1) is 14.1. The molecule has 1 fully saturated rings. The lowest BCUT2D eigenvalue weighted by Crippen LogP contribution is -2.08. The van der Waals surface area contributed by atoms with Crippen molar-refractivity contribution in [3.8, 4) is 0 Å². The van der Waals surface area contributed by atoms with Crippen LogP contribution in [0.3, 0.4) is 0 Å². The summed E-state index contributed by atoms with van der Waals surface area (Å²) in [6.45, 7) is 7.66. The summed E-state index contributed by atoms with van der Waals surface area (Å²) >= 11 is 0. The summed E-state index contributed by atoms with van der Waals surface area (Å²) in [5.41, 5.74) is 2.30. The van der Waals surface area contributed by atoms with Crippen LogP contribution < -0.4 is 0 Å². The summed E-state index contributed by atoms with van der Waals surface area (Å²) in [4.78, 5) is 16.0. The summed E-state index contributed by atoms with van der Waals surface area (Å²) in [5, 5.41) is 9.34. The predicted molar refractivity (Wildman–Crippen MR) is 82.6 cm³/mol. The molecule has 1 atom stereocenters. The quantitative estimate of drug-likeness (QED) is 0.911. The normalized spacial score (nSPS) is 19.9. The largest absolute Gasteiger partial charge is 0.478 e. The van der Waals surface area contributed by atoms with E-state index in [0.717, 1.165) is 30.7 Å². The Balaban J connectivity index is 2.09. The minimum atomic E-state index is -0.903. The van der Waals surface area contributed by atoms with Crippen molar-refractivity contribution >= 4 is 17.0 Å². The third kappa shape index (κ3) is 2.43. The van der Waals surface area contributed by atoms with E-state index < -0.39 is 5.97 Å². The molecule has 1 unspecified atom stereocenters. The van der Waals surface area contributed by atoms with Crippen LogP contribution in [0.2, 0.25) is 0 Å². The molecule has 0 amide bonds. The van der Waals surface area contributed by atoms with Crippen LogP contribution in [0.15, 0.2) is 18.2 Å². The van der Waals surface area contributed by atoms with Gasteiger partial charge in [-0.05, 0) is 36.3 Å². The Morgan fingerprint density at radius 1 is 1.48 bits per heavy atom. The van der Waals surface area contributed by atoms with Crippen molar-refractivity contribution in [2.24, 2.45) is 11.3 Å². The summed E-state index contributed by atoms with van der Waals surface area (Å²) in [6, 6.07) is 5.44. The predicted octanol–water partition coefficient (Wildman–Crippen LogP) is 3.73. The van der Waals surface area contributed by atoms with E-state index in [9.17, 15) is 9.90 Å². The fourth-order valence-electron chi connectivity index (χ4n) is 3.09. The number of fused-ring (bicyclic) bond motifs is 1. The van der Waals surface area contributed by atoms with Crippen molar-refractivity contribution < 1.29 is 9.90 Å². The molecule has 0 saturated heterocycles. The number of imidazole rings is 1. The number of aromatic nitrogens is 2. The maximum absolute atomic E-state index is 11.4. The second-order valence-corrected chi connectivity index (χ2v) is 6.76. The minimum absolute atomic E-state index is 0.304. The Kier molecular flexibility index (Phi) is 3.27. The van der Waals surface area contributed by atoms with E-state index in [4.69, 9.17) is 0 Å². The molecule has 4 nitrogen and oxygen atoms in total. The summed E-state index contributed by atoms with van der Waals surface area (Å²) in [6.07, 6.45) is 3.14. The Morgan fingerprint density at radius 3 is 2.76 bits per heavy atom. The number of carbonyl (C=O) groups is 1. The van der Waals surface area contributed by atoms with Gasteiger partial charge in [0.25, 0.3) is 0 Å². The van der Waals surface area contributed by atoms with Crippen LogP contribution in [0.4, 0.5) is 0 Å². The SMILES string of the molecule is CCCc1nc2c(C(=O)O)cccc2n1CC1CC1(C)C. The average molecular weight is 286 g/mol. The zero-order valence-corrected chi connectivity index (χ0v) is 12.9. The molecule has 112 valence electrons. The molecular formula is C17H22N2O2. The highest BCUT2D eigenvalue weighted by Crippen LogP contribution is 2.52. The van der Waals surface area contributed by atoms with Gasteiger partial charge < -0.3 is 9.67 Å². The Bertz CT molecular complexity index is 700. The number of aryl methyl sites for hydroxylation is 1. The molecule has 1 saturated carbocycles. The van der Waals surface area contributed by atoms with Crippen molar-refractivity contribution in [3.63, 3.8) is 0 Å². The average Bonchev–Trinajstić information content (AvgIpc) is 2.87. The number of aromatic carboxylic acids is 1. The van der Waals surface area contributed by atoms with Gasteiger partial charge in [0.2, 0.25) is 0 Å². The topological polar surface area (TPSA) is 55.1 Å². The van der Waals surface area contributed by atoms with E-state index in [1.165, 1.54) is 6.42 Å². The van der Waals surface area contributed by atoms with Crippen LogP contribution in [-0.2, 0) is 13.0 Å². The number of hydrogen-bond acceptors (Lipinski definition) is 2. The second kappa shape index (κ2) is 4.86. The van der Waals surface area contributed by atoms with Gasteiger partial charge in [-0.25, -0.2) is 9.78 Å². The van der Waals surface area contributed by atoms with Crippen LogP contribution >= 0.6 is 0 Å². The first-order chi connectivity index (χ1) is 9.94. The van der Waals surface area contributed by atoms with Crippen molar-refractivity contribution in [3.05, 3.63) is 29.6 Å². The number of rotatable bonds is 5.